The molecule has 1 unspecified atom stereocenters. The second-order valence-electron chi connectivity index (χ2n) is 15.3. The maximum Gasteiger partial charge on any atom is 0.255 e. The number of phenolic OH excluding ortho intramolecular Hbond substituents is 1. The molecule has 1 atom stereocenters. The predicted molar refractivity (Wildman–Crippen MR) is 213 cm³/mol. The van der Waals surface area contributed by atoms with Crippen molar-refractivity contribution in [2.75, 3.05) is 26.2 Å². The van der Waals surface area contributed by atoms with Crippen molar-refractivity contribution in [3.05, 3.63) is 125 Å². The van der Waals surface area contributed by atoms with Gasteiger partial charge in [-0.15, -0.1) is 0 Å². The van der Waals surface area contributed by atoms with Gasteiger partial charge in [0, 0.05) is 51.0 Å². The average molecular weight is 756 g/mol. The number of amides is 3. The lowest BCUT2D eigenvalue weighted by Gasteiger charge is -2.39. The van der Waals surface area contributed by atoms with E-state index < -0.39 is 11.9 Å². The zero-order chi connectivity index (χ0) is 38.4. The molecule has 0 spiro atoms. The predicted octanol–water partition coefficient (Wildman–Crippen LogP) is 6.80. The molecule has 4 aromatic carbocycles. The first kappa shape index (κ1) is 37.5. The Kier molecular flexibility index (Phi) is 11.5. The number of nitrogens with zero attached hydrogens (tertiary/aromatic N) is 2. The number of fused-ring (bicyclic) bond motifs is 1. The number of allylic oxidation sites excluding steroid dienone is 1. The van der Waals surface area contributed by atoms with E-state index >= 15 is 0 Å². The number of imide groups is 1. The van der Waals surface area contributed by atoms with E-state index in [0.717, 1.165) is 75.0 Å². The topological polar surface area (TPSA) is 118 Å². The van der Waals surface area contributed by atoms with Crippen LogP contribution in [0.3, 0.4) is 0 Å². The van der Waals surface area contributed by atoms with Crippen LogP contribution in [0.4, 0.5) is 0 Å². The number of carbonyl (C=O) groups excluding carboxylic acids is 3. The summed E-state index contributed by atoms with van der Waals surface area (Å²) in [5.74, 6) is 0.927. The lowest BCUT2D eigenvalue weighted by Crippen LogP contribution is -2.52. The van der Waals surface area contributed by atoms with E-state index in [1.54, 1.807) is 23.1 Å². The third-order valence-corrected chi connectivity index (χ3v) is 11.4. The van der Waals surface area contributed by atoms with Gasteiger partial charge in [0.25, 0.3) is 5.91 Å². The highest BCUT2D eigenvalue weighted by molar-refractivity contribution is 6.05. The molecule has 290 valence electrons. The van der Waals surface area contributed by atoms with Gasteiger partial charge in [0.2, 0.25) is 11.8 Å². The molecule has 1 saturated carbocycles. The Morgan fingerprint density at radius 2 is 1.57 bits per heavy atom. The zero-order valence-electron chi connectivity index (χ0n) is 31.6. The van der Waals surface area contributed by atoms with Crippen LogP contribution < -0.4 is 14.8 Å². The fourth-order valence-electron chi connectivity index (χ4n) is 8.11. The highest BCUT2D eigenvalue weighted by atomic mass is 16.5. The van der Waals surface area contributed by atoms with E-state index in [0.29, 0.717) is 30.9 Å². The number of hydrogen-bond acceptors (Lipinski definition) is 8. The van der Waals surface area contributed by atoms with Crippen LogP contribution in [0.25, 0.3) is 11.6 Å². The van der Waals surface area contributed by atoms with Crippen molar-refractivity contribution < 1.29 is 33.7 Å². The van der Waals surface area contributed by atoms with Gasteiger partial charge in [-0.2, -0.15) is 0 Å². The van der Waals surface area contributed by atoms with Gasteiger partial charge < -0.3 is 24.2 Å². The largest absolute Gasteiger partial charge is 0.508 e. The second-order valence-corrected chi connectivity index (χ2v) is 15.3. The van der Waals surface area contributed by atoms with Crippen molar-refractivity contribution in [1.29, 1.82) is 0 Å². The average Bonchev–Trinajstić information content (AvgIpc) is 3.52. The molecule has 8 rings (SSSR count). The van der Waals surface area contributed by atoms with Gasteiger partial charge in [0.1, 0.15) is 36.0 Å². The minimum atomic E-state index is -0.620. The molecule has 4 aliphatic rings. The van der Waals surface area contributed by atoms with Crippen LogP contribution in [0, 0.1) is 0 Å². The number of likely N-dealkylation sites (tertiary alicyclic amines) is 1. The van der Waals surface area contributed by atoms with Crippen molar-refractivity contribution in [3.63, 3.8) is 0 Å². The molecule has 1 aliphatic carbocycles. The summed E-state index contributed by atoms with van der Waals surface area (Å²) in [6.07, 6.45) is 9.05. The quantitative estimate of drug-likeness (QED) is 0.107. The van der Waals surface area contributed by atoms with Crippen LogP contribution in [-0.4, -0.2) is 83.2 Å². The van der Waals surface area contributed by atoms with E-state index in [1.807, 2.05) is 30.3 Å². The van der Waals surface area contributed by atoms with Crippen molar-refractivity contribution in [2.24, 2.45) is 0 Å². The standard InChI is InChI=1S/C46H49N3O7/c50-36-13-7-31(8-14-36)6-11-34(33-4-2-1-3-5-33)26-32-9-15-37(16-10-32)55-40-27-41(28-40)56-38-20-22-48(23-21-38)24-25-54-39-17-12-35-30-49(46(53)42(35)29-39)43-18-19-44(51)47-45(43)52/h1-5,7-10,12-17,26,29,38,40-41,43,50H,6,11,18-25,27-28,30H2,(H,47,51,52)/b34-26-. The molecule has 0 aromatic heterocycles. The van der Waals surface area contributed by atoms with Crippen LogP contribution in [0.5, 0.6) is 17.2 Å². The number of hydrogen-bond donors (Lipinski definition) is 2. The molecule has 3 heterocycles. The molecule has 10 nitrogen and oxygen atoms in total. The van der Waals surface area contributed by atoms with Gasteiger partial charge in [-0.25, -0.2) is 0 Å². The van der Waals surface area contributed by atoms with Crippen molar-refractivity contribution in [1.82, 2.24) is 15.1 Å². The van der Waals surface area contributed by atoms with E-state index in [4.69, 9.17) is 14.2 Å². The van der Waals surface area contributed by atoms with Crippen LogP contribution >= 0.6 is 0 Å². The van der Waals surface area contributed by atoms with Crippen LogP contribution in [0.15, 0.2) is 97.1 Å². The molecule has 4 aromatic rings. The SMILES string of the molecule is O=C1CCC(N2Cc3ccc(OCCN4CCC(OC5CC(Oc6ccc(/C=C(/CCc7ccc(O)cc7)c7ccccc7)cc6)C5)CC4)cc3C2=O)C(=O)N1. The highest BCUT2D eigenvalue weighted by Gasteiger charge is 2.39. The number of rotatable bonds is 14. The molecule has 3 aliphatic heterocycles. The molecular weight excluding hydrogens is 707 g/mol. The Bertz CT molecular complexity index is 2040. The van der Waals surface area contributed by atoms with Crippen LogP contribution in [-0.2, 0) is 27.3 Å². The number of ether oxygens (including phenoxy) is 3. The molecule has 3 fully saturated rings. The second kappa shape index (κ2) is 17.1. The van der Waals surface area contributed by atoms with Gasteiger partial charge in [0.15, 0.2) is 0 Å². The fourth-order valence-corrected chi connectivity index (χ4v) is 8.11. The van der Waals surface area contributed by atoms with Gasteiger partial charge in [0.05, 0.1) is 12.2 Å². The number of aromatic hydroxyl groups is 1. The third kappa shape index (κ3) is 9.15. The molecule has 56 heavy (non-hydrogen) atoms. The summed E-state index contributed by atoms with van der Waals surface area (Å²) in [4.78, 5) is 41.0. The maximum absolute atomic E-state index is 13.1. The van der Waals surface area contributed by atoms with E-state index in [9.17, 15) is 19.5 Å². The first-order chi connectivity index (χ1) is 27.3. The lowest BCUT2D eigenvalue weighted by atomic mass is 9.91. The summed E-state index contributed by atoms with van der Waals surface area (Å²) in [5, 5.41) is 12.0. The van der Waals surface area contributed by atoms with Crippen molar-refractivity contribution in [3.8, 4) is 17.2 Å². The minimum Gasteiger partial charge on any atom is -0.508 e. The van der Waals surface area contributed by atoms with Gasteiger partial charge in [-0.05, 0) is 96.3 Å². The summed E-state index contributed by atoms with van der Waals surface area (Å²) in [6, 6.07) is 31.2. The Morgan fingerprint density at radius 1 is 0.821 bits per heavy atom. The van der Waals surface area contributed by atoms with E-state index in [1.165, 1.54) is 16.7 Å². The number of piperidine rings is 2. The molecule has 3 amide bonds. The summed E-state index contributed by atoms with van der Waals surface area (Å²) >= 11 is 0. The summed E-state index contributed by atoms with van der Waals surface area (Å²) in [6.45, 7) is 3.58. The Hall–Kier alpha value is -5.45. The highest BCUT2D eigenvalue weighted by Crippen LogP contribution is 2.33. The van der Waals surface area contributed by atoms with Crippen molar-refractivity contribution >= 4 is 29.4 Å². The normalized spacial score (nSPS) is 21.7. The first-order valence-corrected chi connectivity index (χ1v) is 19.9. The Balaban J connectivity index is 0.735. The first-order valence-electron chi connectivity index (χ1n) is 19.9. The van der Waals surface area contributed by atoms with Crippen molar-refractivity contribution in [2.45, 2.75) is 82.3 Å². The number of nitrogens with one attached hydrogen (secondary N) is 1. The smallest absolute Gasteiger partial charge is 0.255 e. The van der Waals surface area contributed by atoms with E-state index in [-0.39, 0.29) is 42.3 Å². The molecule has 0 bridgehead atoms. The molecular formula is C46H49N3O7. The van der Waals surface area contributed by atoms with E-state index in [2.05, 4.69) is 64.8 Å². The van der Waals surface area contributed by atoms with Gasteiger partial charge in [-0.3, -0.25) is 24.6 Å². The molecule has 0 radical (unpaired) electrons. The number of phenols is 1. The number of benzene rings is 4. The summed E-state index contributed by atoms with van der Waals surface area (Å²) < 4.78 is 18.8. The lowest BCUT2D eigenvalue weighted by molar-refractivity contribution is -0.136. The monoisotopic (exact) mass is 755 g/mol. The molecule has 2 saturated heterocycles. The third-order valence-electron chi connectivity index (χ3n) is 11.4. The van der Waals surface area contributed by atoms with Crippen LogP contribution in [0.2, 0.25) is 0 Å². The fraction of sp³-hybridized carbons (Fsp3) is 0.370. The Labute approximate surface area is 328 Å². The molecule has 2 N–H and O–H groups in total. The van der Waals surface area contributed by atoms with Gasteiger partial charge in [-0.1, -0.05) is 66.7 Å². The summed E-state index contributed by atoms with van der Waals surface area (Å²) in [7, 11) is 0. The summed E-state index contributed by atoms with van der Waals surface area (Å²) in [5.41, 5.74) is 6.24. The Morgan fingerprint density at radius 3 is 2.32 bits per heavy atom. The molecule has 10 heteroatoms. The van der Waals surface area contributed by atoms with Crippen LogP contribution in [0.1, 0.15) is 77.6 Å². The maximum atomic E-state index is 13.1. The zero-order valence-corrected chi connectivity index (χ0v) is 31.6. The number of carbonyl (C=O) groups is 3. The number of aryl methyl sites for hydroxylation is 1. The minimum absolute atomic E-state index is 0.166. The van der Waals surface area contributed by atoms with Gasteiger partial charge >= 0.3 is 0 Å².